The van der Waals surface area contributed by atoms with Crippen molar-refractivity contribution >= 4 is 22.4 Å². The smallest absolute Gasteiger partial charge is 0.190 e. The number of nitrogens with one attached hydrogen (secondary N) is 2. The first-order valence-corrected chi connectivity index (χ1v) is 9.85. The van der Waals surface area contributed by atoms with Crippen LogP contribution in [0.4, 0.5) is 5.13 Å². The summed E-state index contributed by atoms with van der Waals surface area (Å²) >= 11 is 1.77. The highest BCUT2D eigenvalue weighted by Crippen LogP contribution is 2.24. The SMILES string of the molecule is CCCCCCNC(=NC)NCCc1csc(N2CCCC2)n1. The molecule has 130 valence electrons. The second kappa shape index (κ2) is 10.5. The predicted molar refractivity (Wildman–Crippen MR) is 101 cm³/mol. The lowest BCUT2D eigenvalue weighted by atomic mass is 10.2. The molecule has 1 aromatic heterocycles. The van der Waals surface area contributed by atoms with E-state index in [0.717, 1.165) is 25.5 Å². The molecule has 6 heteroatoms. The van der Waals surface area contributed by atoms with Gasteiger partial charge in [0.25, 0.3) is 0 Å². The summed E-state index contributed by atoms with van der Waals surface area (Å²) in [7, 11) is 1.83. The molecule has 23 heavy (non-hydrogen) atoms. The van der Waals surface area contributed by atoms with Gasteiger partial charge in [0.1, 0.15) is 0 Å². The molecule has 0 spiro atoms. The van der Waals surface area contributed by atoms with E-state index in [4.69, 9.17) is 4.98 Å². The fourth-order valence-electron chi connectivity index (χ4n) is 2.75. The number of anilines is 1. The number of nitrogens with zero attached hydrogens (tertiary/aromatic N) is 3. The monoisotopic (exact) mass is 337 g/mol. The summed E-state index contributed by atoms with van der Waals surface area (Å²) in [6.07, 6.45) is 8.64. The van der Waals surface area contributed by atoms with E-state index < -0.39 is 0 Å². The maximum absolute atomic E-state index is 4.75. The van der Waals surface area contributed by atoms with E-state index >= 15 is 0 Å². The summed E-state index contributed by atoms with van der Waals surface area (Å²) < 4.78 is 0. The zero-order chi connectivity index (χ0) is 16.3. The van der Waals surface area contributed by atoms with Crippen molar-refractivity contribution in [2.45, 2.75) is 51.9 Å². The first kappa shape index (κ1) is 18.0. The zero-order valence-corrected chi connectivity index (χ0v) is 15.4. The van der Waals surface area contributed by atoms with Gasteiger partial charge in [-0.05, 0) is 19.3 Å². The maximum atomic E-state index is 4.75. The number of hydrogen-bond donors (Lipinski definition) is 2. The number of unbranched alkanes of at least 4 members (excludes halogenated alkanes) is 3. The second-order valence-corrected chi connectivity index (χ2v) is 6.89. The Morgan fingerprint density at radius 1 is 1.22 bits per heavy atom. The number of rotatable bonds is 9. The van der Waals surface area contributed by atoms with Gasteiger partial charge in [-0.15, -0.1) is 11.3 Å². The Morgan fingerprint density at radius 3 is 2.74 bits per heavy atom. The van der Waals surface area contributed by atoms with Gasteiger partial charge in [0.15, 0.2) is 11.1 Å². The van der Waals surface area contributed by atoms with Crippen molar-refractivity contribution in [3.05, 3.63) is 11.1 Å². The molecule has 0 atom stereocenters. The Hall–Kier alpha value is -1.30. The van der Waals surface area contributed by atoms with Crippen LogP contribution in [-0.4, -0.2) is 44.2 Å². The third-order valence-corrected chi connectivity index (χ3v) is 5.09. The van der Waals surface area contributed by atoms with Crippen molar-refractivity contribution in [3.8, 4) is 0 Å². The molecular formula is C17H31N5S. The number of aromatic nitrogens is 1. The van der Waals surface area contributed by atoms with Crippen LogP contribution in [0.2, 0.25) is 0 Å². The lowest BCUT2D eigenvalue weighted by molar-refractivity contribution is 0.646. The van der Waals surface area contributed by atoms with Crippen LogP contribution in [0.3, 0.4) is 0 Å². The Bertz CT molecular complexity index is 465. The molecule has 0 radical (unpaired) electrons. The average Bonchev–Trinajstić information content (AvgIpc) is 3.24. The standard InChI is InChI=1S/C17H31N5S/c1-3-4-5-6-10-19-16(18-2)20-11-9-15-14-23-17(21-15)22-12-7-8-13-22/h14H,3-13H2,1-2H3,(H2,18,19,20). The highest BCUT2D eigenvalue weighted by atomic mass is 32.1. The van der Waals surface area contributed by atoms with Crippen LogP contribution >= 0.6 is 11.3 Å². The number of aliphatic imine (C=N–C) groups is 1. The largest absolute Gasteiger partial charge is 0.356 e. The molecule has 1 aliphatic heterocycles. The van der Waals surface area contributed by atoms with Crippen LogP contribution in [0.1, 0.15) is 51.1 Å². The van der Waals surface area contributed by atoms with E-state index in [1.807, 2.05) is 7.05 Å². The molecule has 0 saturated carbocycles. The second-order valence-electron chi connectivity index (χ2n) is 6.05. The van der Waals surface area contributed by atoms with Crippen molar-refractivity contribution in [1.82, 2.24) is 15.6 Å². The fraction of sp³-hybridized carbons (Fsp3) is 0.765. The minimum atomic E-state index is 0.873. The Balaban J connectivity index is 1.63. The minimum Gasteiger partial charge on any atom is -0.356 e. The summed E-state index contributed by atoms with van der Waals surface area (Å²) in [5, 5.41) is 10.1. The van der Waals surface area contributed by atoms with Crippen molar-refractivity contribution in [3.63, 3.8) is 0 Å². The van der Waals surface area contributed by atoms with Crippen LogP contribution < -0.4 is 15.5 Å². The molecule has 1 aromatic rings. The molecule has 1 aliphatic rings. The Morgan fingerprint density at radius 2 is 2.00 bits per heavy atom. The average molecular weight is 338 g/mol. The van der Waals surface area contributed by atoms with E-state index in [1.54, 1.807) is 11.3 Å². The quantitative estimate of drug-likeness (QED) is 0.413. The topological polar surface area (TPSA) is 52.6 Å². The molecule has 1 fully saturated rings. The molecule has 0 aliphatic carbocycles. The number of hydrogen-bond acceptors (Lipinski definition) is 4. The van der Waals surface area contributed by atoms with Gasteiger partial charge in [-0.25, -0.2) is 4.98 Å². The van der Waals surface area contributed by atoms with Gasteiger partial charge in [0, 0.05) is 45.0 Å². The first-order valence-electron chi connectivity index (χ1n) is 8.97. The molecule has 2 heterocycles. The van der Waals surface area contributed by atoms with E-state index in [0.29, 0.717) is 0 Å². The van der Waals surface area contributed by atoms with Gasteiger partial charge in [0.05, 0.1) is 5.69 Å². The van der Waals surface area contributed by atoms with E-state index in [-0.39, 0.29) is 0 Å². The summed E-state index contributed by atoms with van der Waals surface area (Å²) in [5.41, 5.74) is 1.18. The highest BCUT2D eigenvalue weighted by molar-refractivity contribution is 7.13. The molecule has 0 bridgehead atoms. The van der Waals surface area contributed by atoms with Crippen molar-refractivity contribution in [2.75, 3.05) is 38.1 Å². The van der Waals surface area contributed by atoms with Gasteiger partial charge in [-0.3, -0.25) is 4.99 Å². The van der Waals surface area contributed by atoms with Gasteiger partial charge < -0.3 is 15.5 Å². The molecule has 2 rings (SSSR count). The van der Waals surface area contributed by atoms with Gasteiger partial charge in [-0.1, -0.05) is 26.2 Å². The van der Waals surface area contributed by atoms with Crippen LogP contribution in [0.25, 0.3) is 0 Å². The van der Waals surface area contributed by atoms with Crippen LogP contribution in [-0.2, 0) is 6.42 Å². The summed E-state index contributed by atoms with van der Waals surface area (Å²) in [4.78, 5) is 11.4. The fourth-order valence-corrected chi connectivity index (χ4v) is 3.67. The van der Waals surface area contributed by atoms with Gasteiger partial charge in [0.2, 0.25) is 0 Å². The van der Waals surface area contributed by atoms with Crippen molar-refractivity contribution in [2.24, 2.45) is 4.99 Å². The highest BCUT2D eigenvalue weighted by Gasteiger charge is 2.15. The number of guanidine groups is 1. The lowest BCUT2D eigenvalue weighted by Crippen LogP contribution is -2.38. The molecule has 2 N–H and O–H groups in total. The van der Waals surface area contributed by atoms with E-state index in [2.05, 4.69) is 32.8 Å². The zero-order valence-electron chi connectivity index (χ0n) is 14.6. The third-order valence-electron chi connectivity index (χ3n) is 4.14. The molecule has 1 saturated heterocycles. The first-order chi connectivity index (χ1) is 11.3. The van der Waals surface area contributed by atoms with Crippen molar-refractivity contribution < 1.29 is 0 Å². The normalized spacial score (nSPS) is 15.2. The molecule has 0 unspecified atom stereocenters. The number of thiazole rings is 1. The molecular weight excluding hydrogens is 306 g/mol. The van der Waals surface area contributed by atoms with Gasteiger partial charge >= 0.3 is 0 Å². The lowest BCUT2D eigenvalue weighted by Gasteiger charge is -2.12. The molecule has 0 aromatic carbocycles. The Kier molecular flexibility index (Phi) is 8.21. The minimum absolute atomic E-state index is 0.873. The molecule has 5 nitrogen and oxygen atoms in total. The summed E-state index contributed by atoms with van der Waals surface area (Å²) in [6, 6.07) is 0. The van der Waals surface area contributed by atoms with Crippen LogP contribution in [0.5, 0.6) is 0 Å². The van der Waals surface area contributed by atoms with E-state index in [9.17, 15) is 0 Å². The predicted octanol–water partition coefficient (Wildman–Crippen LogP) is 3.03. The Labute approximate surface area is 144 Å². The van der Waals surface area contributed by atoms with Crippen LogP contribution in [0, 0.1) is 0 Å². The van der Waals surface area contributed by atoms with Crippen molar-refractivity contribution in [1.29, 1.82) is 0 Å². The third kappa shape index (κ3) is 6.37. The van der Waals surface area contributed by atoms with Gasteiger partial charge in [-0.2, -0.15) is 0 Å². The maximum Gasteiger partial charge on any atom is 0.190 e. The van der Waals surface area contributed by atoms with E-state index in [1.165, 1.54) is 62.4 Å². The molecule has 0 amide bonds. The van der Waals surface area contributed by atoms with Crippen LogP contribution in [0.15, 0.2) is 10.4 Å². The summed E-state index contributed by atoms with van der Waals surface area (Å²) in [5.74, 6) is 0.900. The summed E-state index contributed by atoms with van der Waals surface area (Å²) in [6.45, 7) is 6.44.